The van der Waals surface area contributed by atoms with Gasteiger partial charge in [-0.3, -0.25) is 9.59 Å². The van der Waals surface area contributed by atoms with E-state index in [1.165, 1.54) is 141 Å². The van der Waals surface area contributed by atoms with E-state index < -0.39 is 6.10 Å². The lowest BCUT2D eigenvalue weighted by molar-refractivity contribution is -0.161. The Kier molecular flexibility index (Phi) is 58.4. The summed E-state index contributed by atoms with van der Waals surface area (Å²) in [5.74, 6) is -0.592. The van der Waals surface area contributed by atoms with Gasteiger partial charge in [0.15, 0.2) is 6.10 Å². The molecule has 0 saturated heterocycles. The summed E-state index contributed by atoms with van der Waals surface area (Å²) in [6, 6.07) is 0. The second-order valence-electron chi connectivity index (χ2n) is 19.7. The average molecular weight is 998 g/mol. The van der Waals surface area contributed by atoms with Crippen molar-refractivity contribution in [3.63, 3.8) is 0 Å². The molecule has 0 saturated carbocycles. The van der Waals surface area contributed by atoms with Crippen molar-refractivity contribution in [1.29, 1.82) is 0 Å². The van der Waals surface area contributed by atoms with Crippen molar-refractivity contribution >= 4 is 11.9 Å². The zero-order chi connectivity index (χ0) is 52.0. The number of ether oxygens (including phenoxy) is 2. The number of unbranched alkanes of at least 4 members (excludes halogenated alkanes) is 26. The minimum Gasteiger partial charge on any atom is -0.462 e. The van der Waals surface area contributed by atoms with Gasteiger partial charge in [-0.1, -0.05) is 277 Å². The van der Waals surface area contributed by atoms with Crippen LogP contribution in [0.15, 0.2) is 122 Å². The standard InChI is InChI=1S/C67H112O5/c1-3-5-7-9-11-13-15-17-19-21-23-25-27-29-31-32-33-34-36-38-40-42-44-46-48-50-52-54-56-58-60-62-67(70)72-65(63-68)64-71-66(69)61-59-57-55-53-51-49-47-45-43-41-39-37-35-30-28-26-24-22-20-18-16-14-12-10-8-6-4-2/h5-8,11-14,17-20,23-26,29,31,33-34,65,68H,3-4,9-10,15-16,21-22,27-28,30,32,35-64H2,1-2H3/b7-5-,8-6-,13-11-,14-12-,19-17-,20-18-,25-23-,26-24-,31-29-,34-33-. The van der Waals surface area contributed by atoms with Crippen molar-refractivity contribution in [2.45, 2.75) is 277 Å². The Morgan fingerprint density at radius 1 is 0.319 bits per heavy atom. The number of aliphatic hydroxyl groups excluding tert-OH is 1. The van der Waals surface area contributed by atoms with Crippen LogP contribution in [0.3, 0.4) is 0 Å². The molecule has 0 bridgehead atoms. The van der Waals surface area contributed by atoms with E-state index in [1.54, 1.807) is 0 Å². The first-order valence-electron chi connectivity index (χ1n) is 30.1. The zero-order valence-corrected chi connectivity index (χ0v) is 46.9. The number of hydrogen-bond donors (Lipinski definition) is 1. The molecule has 0 aliphatic heterocycles. The topological polar surface area (TPSA) is 72.8 Å². The van der Waals surface area contributed by atoms with Gasteiger partial charge in [0, 0.05) is 12.8 Å². The third-order valence-corrected chi connectivity index (χ3v) is 12.8. The van der Waals surface area contributed by atoms with Gasteiger partial charge >= 0.3 is 11.9 Å². The van der Waals surface area contributed by atoms with Crippen LogP contribution >= 0.6 is 0 Å². The first-order chi connectivity index (χ1) is 35.6. The minimum atomic E-state index is -0.781. The van der Waals surface area contributed by atoms with Crippen molar-refractivity contribution in [3.8, 4) is 0 Å². The zero-order valence-electron chi connectivity index (χ0n) is 46.9. The lowest BCUT2D eigenvalue weighted by Gasteiger charge is -2.15. The third-order valence-electron chi connectivity index (χ3n) is 12.8. The number of rotatable bonds is 54. The minimum absolute atomic E-state index is 0.0714. The summed E-state index contributed by atoms with van der Waals surface area (Å²) in [4.78, 5) is 24.6. The molecular weight excluding hydrogens is 885 g/mol. The predicted octanol–water partition coefficient (Wildman–Crippen LogP) is 20.6. The van der Waals surface area contributed by atoms with Gasteiger partial charge in [0.1, 0.15) is 6.61 Å². The van der Waals surface area contributed by atoms with Gasteiger partial charge in [-0.05, 0) is 103 Å². The SMILES string of the molecule is CC/C=C\C/C=C\C/C=C\C/C=C\C/C=C\C/C=C\CCCCCCCCCCCCCCC(=O)OC(CO)COC(=O)CCCCCCCCCCCCCCCC/C=C\C/C=C\C/C=C\C/C=C\CC. The molecule has 1 N–H and O–H groups in total. The average Bonchev–Trinajstić information content (AvgIpc) is 3.38. The van der Waals surface area contributed by atoms with Gasteiger partial charge in [-0.25, -0.2) is 0 Å². The van der Waals surface area contributed by atoms with Crippen molar-refractivity contribution in [2.75, 3.05) is 13.2 Å². The number of carbonyl (C=O) groups excluding carboxylic acids is 2. The van der Waals surface area contributed by atoms with Crippen LogP contribution in [0, 0.1) is 0 Å². The van der Waals surface area contributed by atoms with Gasteiger partial charge in [-0.15, -0.1) is 0 Å². The summed E-state index contributed by atoms with van der Waals surface area (Å²) in [6.07, 6.45) is 90.3. The second kappa shape index (κ2) is 61.6. The van der Waals surface area contributed by atoms with Gasteiger partial charge < -0.3 is 14.6 Å². The van der Waals surface area contributed by atoms with Crippen molar-refractivity contribution in [2.24, 2.45) is 0 Å². The van der Waals surface area contributed by atoms with Crippen LogP contribution in [-0.2, 0) is 19.1 Å². The van der Waals surface area contributed by atoms with Crippen molar-refractivity contribution < 1.29 is 24.2 Å². The third kappa shape index (κ3) is 58.9. The van der Waals surface area contributed by atoms with Crippen LogP contribution in [0.4, 0.5) is 0 Å². The molecule has 0 aromatic rings. The molecule has 0 amide bonds. The van der Waals surface area contributed by atoms with E-state index in [0.717, 1.165) is 103 Å². The number of esters is 2. The van der Waals surface area contributed by atoms with E-state index in [1.807, 2.05) is 0 Å². The van der Waals surface area contributed by atoms with Gasteiger partial charge in [0.25, 0.3) is 0 Å². The van der Waals surface area contributed by atoms with Crippen molar-refractivity contribution in [3.05, 3.63) is 122 Å². The van der Waals surface area contributed by atoms with Crippen LogP contribution in [-0.4, -0.2) is 36.4 Å². The predicted molar refractivity (Wildman–Crippen MR) is 315 cm³/mol. The largest absolute Gasteiger partial charge is 0.462 e. The van der Waals surface area contributed by atoms with Crippen molar-refractivity contribution in [1.82, 2.24) is 0 Å². The molecule has 0 aromatic carbocycles. The molecule has 0 fully saturated rings. The van der Waals surface area contributed by atoms with E-state index in [-0.39, 0.29) is 25.2 Å². The maximum Gasteiger partial charge on any atom is 0.306 e. The lowest BCUT2D eigenvalue weighted by atomic mass is 10.0. The summed E-state index contributed by atoms with van der Waals surface area (Å²) in [6.45, 7) is 3.93. The summed E-state index contributed by atoms with van der Waals surface area (Å²) >= 11 is 0. The summed E-state index contributed by atoms with van der Waals surface area (Å²) in [7, 11) is 0. The Balaban J connectivity index is 3.51. The molecule has 0 spiro atoms. The molecule has 5 nitrogen and oxygen atoms in total. The first kappa shape index (κ1) is 68.3. The molecular formula is C67H112O5. The molecule has 72 heavy (non-hydrogen) atoms. The lowest BCUT2D eigenvalue weighted by Crippen LogP contribution is -2.28. The highest BCUT2D eigenvalue weighted by Gasteiger charge is 2.16. The maximum atomic E-state index is 12.3. The van der Waals surface area contributed by atoms with Crippen LogP contribution in [0.2, 0.25) is 0 Å². The fourth-order valence-corrected chi connectivity index (χ4v) is 8.32. The van der Waals surface area contributed by atoms with Crippen LogP contribution in [0.5, 0.6) is 0 Å². The Hall–Kier alpha value is -3.70. The van der Waals surface area contributed by atoms with E-state index in [2.05, 4.69) is 135 Å². The highest BCUT2D eigenvalue weighted by atomic mass is 16.6. The fraction of sp³-hybridized carbons (Fsp3) is 0.672. The van der Waals surface area contributed by atoms with Gasteiger partial charge in [-0.2, -0.15) is 0 Å². The second-order valence-corrected chi connectivity index (χ2v) is 19.7. The fourth-order valence-electron chi connectivity index (χ4n) is 8.32. The van der Waals surface area contributed by atoms with E-state index in [0.29, 0.717) is 12.8 Å². The highest BCUT2D eigenvalue weighted by molar-refractivity contribution is 5.70. The van der Waals surface area contributed by atoms with Crippen LogP contribution < -0.4 is 0 Å². The molecule has 1 unspecified atom stereocenters. The molecule has 0 aromatic heterocycles. The Morgan fingerprint density at radius 3 is 0.833 bits per heavy atom. The monoisotopic (exact) mass is 997 g/mol. The summed E-state index contributed by atoms with van der Waals surface area (Å²) in [5.41, 5.74) is 0. The molecule has 0 rings (SSSR count). The molecule has 0 aliphatic carbocycles. The maximum absolute atomic E-state index is 12.3. The Morgan fingerprint density at radius 2 is 0.556 bits per heavy atom. The highest BCUT2D eigenvalue weighted by Crippen LogP contribution is 2.16. The molecule has 0 aliphatic rings. The molecule has 0 heterocycles. The number of aliphatic hydroxyl groups is 1. The quantitative estimate of drug-likeness (QED) is 0.0373. The number of hydrogen-bond acceptors (Lipinski definition) is 5. The molecule has 5 heteroatoms. The van der Waals surface area contributed by atoms with Crippen LogP contribution in [0.1, 0.15) is 271 Å². The molecule has 0 radical (unpaired) electrons. The molecule has 410 valence electrons. The van der Waals surface area contributed by atoms with Gasteiger partial charge in [0.2, 0.25) is 0 Å². The number of allylic oxidation sites excluding steroid dienone is 20. The smallest absolute Gasteiger partial charge is 0.306 e. The Bertz CT molecular complexity index is 1450. The van der Waals surface area contributed by atoms with E-state index in [9.17, 15) is 14.7 Å². The van der Waals surface area contributed by atoms with E-state index in [4.69, 9.17) is 9.47 Å². The van der Waals surface area contributed by atoms with Crippen LogP contribution in [0.25, 0.3) is 0 Å². The summed E-state index contributed by atoms with van der Waals surface area (Å²) in [5, 5.41) is 9.68. The number of carbonyl (C=O) groups is 2. The Labute approximate surface area is 445 Å². The van der Waals surface area contributed by atoms with Gasteiger partial charge in [0.05, 0.1) is 6.61 Å². The van der Waals surface area contributed by atoms with E-state index >= 15 is 0 Å². The molecule has 1 atom stereocenters. The summed E-state index contributed by atoms with van der Waals surface area (Å²) < 4.78 is 10.7. The normalized spacial score (nSPS) is 13.1. The first-order valence-corrected chi connectivity index (χ1v) is 30.1.